The van der Waals surface area contributed by atoms with E-state index in [0.717, 1.165) is 27.6 Å². The van der Waals surface area contributed by atoms with Crippen LogP contribution in [-0.4, -0.2) is 35.9 Å². The number of halogens is 1. The fourth-order valence-electron chi connectivity index (χ4n) is 2.34. The predicted molar refractivity (Wildman–Crippen MR) is 101 cm³/mol. The number of hydrogen-bond donors (Lipinski definition) is 2. The summed E-state index contributed by atoms with van der Waals surface area (Å²) in [6.45, 7) is 6.01. The second-order valence-electron chi connectivity index (χ2n) is 5.43. The molecule has 1 aromatic heterocycles. The van der Waals surface area contributed by atoms with Crippen molar-refractivity contribution in [2.45, 2.75) is 20.4 Å². The summed E-state index contributed by atoms with van der Waals surface area (Å²) in [7, 11) is 3.71. The van der Waals surface area contributed by atoms with Crippen LogP contribution in [0.1, 0.15) is 17.0 Å². The van der Waals surface area contributed by atoms with Gasteiger partial charge in [-0.3, -0.25) is 9.67 Å². The summed E-state index contributed by atoms with van der Waals surface area (Å²) in [4.78, 5) is 4.23. The maximum atomic E-state index is 5.68. The van der Waals surface area contributed by atoms with Gasteiger partial charge in [-0.05, 0) is 38.1 Å². The molecular weight excluding hydrogens is 370 g/mol. The molecule has 0 saturated carbocycles. The van der Waals surface area contributed by atoms with E-state index in [1.165, 1.54) is 5.56 Å². The minimum atomic E-state index is 0.563. The number of nitrogens with zero attached hydrogens (tertiary/aromatic N) is 3. The maximum Gasteiger partial charge on any atom is 0.191 e. The van der Waals surface area contributed by atoms with E-state index in [-0.39, 0.29) is 0 Å². The number of rotatable bonds is 6. The molecule has 2 rings (SSSR count). The second kappa shape index (κ2) is 8.73. The summed E-state index contributed by atoms with van der Waals surface area (Å²) in [5, 5.41) is 11.0. The highest BCUT2D eigenvalue weighted by Crippen LogP contribution is 2.15. The van der Waals surface area contributed by atoms with Gasteiger partial charge in [0.1, 0.15) is 12.4 Å². The van der Waals surface area contributed by atoms with Gasteiger partial charge in [0, 0.05) is 36.4 Å². The van der Waals surface area contributed by atoms with Gasteiger partial charge in [-0.2, -0.15) is 5.10 Å². The van der Waals surface area contributed by atoms with E-state index in [1.807, 2.05) is 42.9 Å². The molecule has 0 saturated heterocycles. The SMILES string of the molecule is CN=C(NCCOc1ccc(Br)cc1)NCc1c(C)nn(C)c1C. The molecule has 0 bridgehead atoms. The summed E-state index contributed by atoms with van der Waals surface area (Å²) >= 11 is 3.41. The van der Waals surface area contributed by atoms with Crippen molar-refractivity contribution in [2.75, 3.05) is 20.2 Å². The minimum absolute atomic E-state index is 0.563. The molecule has 0 unspecified atom stereocenters. The summed E-state index contributed by atoms with van der Waals surface area (Å²) in [5.41, 5.74) is 3.40. The lowest BCUT2D eigenvalue weighted by Crippen LogP contribution is -2.39. The Labute approximate surface area is 151 Å². The number of aromatic nitrogens is 2. The van der Waals surface area contributed by atoms with E-state index in [2.05, 4.69) is 43.6 Å². The van der Waals surface area contributed by atoms with Crippen LogP contribution in [0.4, 0.5) is 0 Å². The fourth-order valence-corrected chi connectivity index (χ4v) is 2.60. The van der Waals surface area contributed by atoms with Crippen LogP contribution in [-0.2, 0) is 13.6 Å². The normalized spacial score (nSPS) is 11.5. The standard InChI is InChI=1S/C17H24BrN5O/c1-12-16(13(2)23(4)22-12)11-21-17(19-3)20-9-10-24-15-7-5-14(18)6-8-15/h5-8H,9-11H2,1-4H3,(H2,19,20,21). The Morgan fingerprint density at radius 3 is 2.54 bits per heavy atom. The molecule has 1 heterocycles. The summed E-state index contributed by atoms with van der Waals surface area (Å²) in [6.07, 6.45) is 0. The topological polar surface area (TPSA) is 63.5 Å². The van der Waals surface area contributed by atoms with E-state index in [9.17, 15) is 0 Å². The van der Waals surface area contributed by atoms with Gasteiger partial charge >= 0.3 is 0 Å². The molecule has 2 N–H and O–H groups in total. The van der Waals surface area contributed by atoms with Gasteiger partial charge in [0.05, 0.1) is 12.2 Å². The van der Waals surface area contributed by atoms with E-state index in [1.54, 1.807) is 7.05 Å². The Bertz CT molecular complexity index is 694. The van der Waals surface area contributed by atoms with Gasteiger partial charge in [0.25, 0.3) is 0 Å². The smallest absolute Gasteiger partial charge is 0.191 e. The van der Waals surface area contributed by atoms with Crippen LogP contribution in [0.15, 0.2) is 33.7 Å². The first kappa shape index (κ1) is 18.3. The van der Waals surface area contributed by atoms with Crippen molar-refractivity contribution in [2.24, 2.45) is 12.0 Å². The molecule has 2 aromatic rings. The van der Waals surface area contributed by atoms with Crippen molar-refractivity contribution in [1.82, 2.24) is 20.4 Å². The third-order valence-electron chi connectivity index (χ3n) is 3.79. The maximum absolute atomic E-state index is 5.68. The van der Waals surface area contributed by atoms with Gasteiger partial charge in [-0.1, -0.05) is 15.9 Å². The van der Waals surface area contributed by atoms with Crippen molar-refractivity contribution in [3.05, 3.63) is 45.7 Å². The molecule has 0 aliphatic rings. The van der Waals surface area contributed by atoms with Crippen molar-refractivity contribution < 1.29 is 4.74 Å². The number of hydrogen-bond acceptors (Lipinski definition) is 3. The number of nitrogens with one attached hydrogen (secondary N) is 2. The average Bonchev–Trinajstić information content (AvgIpc) is 2.81. The number of benzene rings is 1. The van der Waals surface area contributed by atoms with Crippen LogP contribution in [0.25, 0.3) is 0 Å². The average molecular weight is 394 g/mol. The van der Waals surface area contributed by atoms with Crippen LogP contribution < -0.4 is 15.4 Å². The van der Waals surface area contributed by atoms with E-state index in [0.29, 0.717) is 19.7 Å². The lowest BCUT2D eigenvalue weighted by Gasteiger charge is -2.13. The zero-order valence-electron chi connectivity index (χ0n) is 14.6. The van der Waals surface area contributed by atoms with Crippen molar-refractivity contribution in [3.8, 4) is 5.75 Å². The Morgan fingerprint density at radius 2 is 1.96 bits per heavy atom. The van der Waals surface area contributed by atoms with Gasteiger partial charge in [0.15, 0.2) is 5.96 Å². The van der Waals surface area contributed by atoms with Crippen molar-refractivity contribution in [1.29, 1.82) is 0 Å². The molecule has 0 aliphatic heterocycles. The number of aryl methyl sites for hydroxylation is 2. The Hall–Kier alpha value is -2.02. The molecule has 1 aromatic carbocycles. The van der Waals surface area contributed by atoms with Crippen molar-refractivity contribution >= 4 is 21.9 Å². The summed E-state index contributed by atoms with van der Waals surface area (Å²) < 4.78 is 8.62. The van der Waals surface area contributed by atoms with Gasteiger partial charge in [0.2, 0.25) is 0 Å². The largest absolute Gasteiger partial charge is 0.492 e. The van der Waals surface area contributed by atoms with E-state index in [4.69, 9.17) is 4.74 Å². The molecule has 130 valence electrons. The van der Waals surface area contributed by atoms with E-state index < -0.39 is 0 Å². The Balaban J connectivity index is 1.75. The van der Waals surface area contributed by atoms with Crippen molar-refractivity contribution in [3.63, 3.8) is 0 Å². The molecule has 0 amide bonds. The van der Waals surface area contributed by atoms with Crippen LogP contribution in [0.2, 0.25) is 0 Å². The first-order chi connectivity index (χ1) is 11.5. The zero-order valence-corrected chi connectivity index (χ0v) is 16.1. The monoisotopic (exact) mass is 393 g/mol. The summed E-state index contributed by atoms with van der Waals surface area (Å²) in [6, 6.07) is 7.79. The molecule has 0 spiro atoms. The van der Waals surface area contributed by atoms with Gasteiger partial charge in [-0.15, -0.1) is 0 Å². The quantitative estimate of drug-likeness (QED) is 0.449. The number of aliphatic imine (C=N–C) groups is 1. The van der Waals surface area contributed by atoms with Gasteiger partial charge < -0.3 is 15.4 Å². The Morgan fingerprint density at radius 1 is 1.25 bits per heavy atom. The molecule has 24 heavy (non-hydrogen) atoms. The minimum Gasteiger partial charge on any atom is -0.492 e. The predicted octanol–water partition coefficient (Wildman–Crippen LogP) is 2.54. The Kier molecular flexibility index (Phi) is 6.66. The van der Waals surface area contributed by atoms with Crippen LogP contribution >= 0.6 is 15.9 Å². The molecule has 0 aliphatic carbocycles. The lowest BCUT2D eigenvalue weighted by molar-refractivity contribution is 0.322. The highest BCUT2D eigenvalue weighted by molar-refractivity contribution is 9.10. The molecule has 0 fully saturated rings. The highest BCUT2D eigenvalue weighted by Gasteiger charge is 2.09. The molecule has 0 radical (unpaired) electrons. The van der Waals surface area contributed by atoms with E-state index >= 15 is 0 Å². The zero-order chi connectivity index (χ0) is 17.5. The van der Waals surface area contributed by atoms with Crippen LogP contribution in [0.3, 0.4) is 0 Å². The second-order valence-corrected chi connectivity index (χ2v) is 6.34. The number of guanidine groups is 1. The first-order valence-electron chi connectivity index (χ1n) is 7.83. The van der Waals surface area contributed by atoms with Gasteiger partial charge in [-0.25, -0.2) is 0 Å². The van der Waals surface area contributed by atoms with Crippen LogP contribution in [0, 0.1) is 13.8 Å². The summed E-state index contributed by atoms with van der Waals surface area (Å²) in [5.74, 6) is 1.60. The third-order valence-corrected chi connectivity index (χ3v) is 4.32. The molecule has 7 heteroatoms. The number of ether oxygens (including phenoxy) is 1. The fraction of sp³-hybridized carbons (Fsp3) is 0.412. The molecule has 6 nitrogen and oxygen atoms in total. The first-order valence-corrected chi connectivity index (χ1v) is 8.62. The third kappa shape index (κ3) is 4.99. The lowest BCUT2D eigenvalue weighted by atomic mass is 10.2. The highest BCUT2D eigenvalue weighted by atomic mass is 79.9. The molecular formula is C17H24BrN5O. The van der Waals surface area contributed by atoms with Crippen LogP contribution in [0.5, 0.6) is 5.75 Å². The molecule has 0 atom stereocenters.